The fourth-order valence-electron chi connectivity index (χ4n) is 8.37. The van der Waals surface area contributed by atoms with Gasteiger partial charge >= 0.3 is 12.1 Å². The number of hydrogen-bond donors (Lipinski definition) is 2. The topological polar surface area (TPSA) is 128 Å². The van der Waals surface area contributed by atoms with Crippen molar-refractivity contribution in [3.63, 3.8) is 0 Å². The first kappa shape index (κ1) is 41.0. The van der Waals surface area contributed by atoms with Crippen molar-refractivity contribution in [1.29, 1.82) is 0 Å². The van der Waals surface area contributed by atoms with Crippen LogP contribution < -0.4 is 15.2 Å². The number of carbonyl (C=O) groups is 4. The molecule has 0 saturated carbocycles. The SMILES string of the molecule is CC(=O)c1cn2c3cc(ccc13)-c1cc(cc(O[Si](C(C)C)(C(C)C)C(C)C)c1)C[C@H](NC(=O)OC(C)(C)C)C(=O)N1CCC[C@H](N1)C(=O)OC[C@@H](C)C2. The molecule has 1 saturated heterocycles. The van der Waals surface area contributed by atoms with Gasteiger partial charge < -0.3 is 23.8 Å². The summed E-state index contributed by atoms with van der Waals surface area (Å²) in [5.41, 5.74) is 7.41. The van der Waals surface area contributed by atoms with E-state index in [4.69, 9.17) is 13.9 Å². The molecule has 0 radical (unpaired) electrons. The molecule has 3 aromatic rings. The van der Waals surface area contributed by atoms with Crippen LogP contribution in [0.3, 0.4) is 0 Å². The minimum atomic E-state index is -2.41. The number of esters is 1. The van der Waals surface area contributed by atoms with Crippen molar-refractivity contribution in [2.45, 2.75) is 136 Å². The number of nitrogens with one attached hydrogen (secondary N) is 2. The highest BCUT2D eigenvalue weighted by molar-refractivity contribution is 6.78. The van der Waals surface area contributed by atoms with Crippen LogP contribution in [0.5, 0.6) is 5.75 Å². The van der Waals surface area contributed by atoms with Gasteiger partial charge in [0, 0.05) is 48.1 Å². The minimum absolute atomic E-state index is 0.0277. The Hall–Kier alpha value is -4.16. The van der Waals surface area contributed by atoms with Gasteiger partial charge in [-0.3, -0.25) is 19.4 Å². The zero-order valence-corrected chi connectivity index (χ0v) is 35.0. The lowest BCUT2D eigenvalue weighted by molar-refractivity contribution is -0.153. The summed E-state index contributed by atoms with van der Waals surface area (Å²) in [4.78, 5) is 53.8. The first-order chi connectivity index (χ1) is 25.3. The highest BCUT2D eigenvalue weighted by atomic mass is 28.4. The Labute approximate surface area is 321 Å². The molecule has 11 nitrogen and oxygen atoms in total. The van der Waals surface area contributed by atoms with E-state index in [0.29, 0.717) is 48.1 Å². The molecule has 5 rings (SSSR count). The van der Waals surface area contributed by atoms with Gasteiger partial charge in [0.1, 0.15) is 23.4 Å². The summed E-state index contributed by atoms with van der Waals surface area (Å²) in [5, 5.41) is 5.14. The van der Waals surface area contributed by atoms with E-state index in [1.807, 2.05) is 37.4 Å². The number of carbonyl (C=O) groups excluding carboxylic acids is 4. The number of ketones is 1. The molecule has 12 heteroatoms. The highest BCUT2D eigenvalue weighted by Gasteiger charge is 2.47. The summed E-state index contributed by atoms with van der Waals surface area (Å²) in [7, 11) is -2.41. The molecule has 3 atom stereocenters. The lowest BCUT2D eigenvalue weighted by Crippen LogP contribution is -2.60. The number of ether oxygens (including phenoxy) is 2. The number of benzene rings is 2. The highest BCUT2D eigenvalue weighted by Crippen LogP contribution is 2.44. The minimum Gasteiger partial charge on any atom is -0.543 e. The van der Waals surface area contributed by atoms with E-state index in [1.165, 1.54) is 5.01 Å². The summed E-state index contributed by atoms with van der Waals surface area (Å²) in [6.07, 6.45) is 2.41. The fourth-order valence-corrected chi connectivity index (χ4v) is 13.6. The second-order valence-corrected chi connectivity index (χ2v) is 22.6. The third kappa shape index (κ3) is 9.02. The van der Waals surface area contributed by atoms with E-state index in [0.717, 1.165) is 33.3 Å². The van der Waals surface area contributed by atoms with Crippen LogP contribution in [0.4, 0.5) is 4.79 Å². The van der Waals surface area contributed by atoms with Gasteiger partial charge in [0.15, 0.2) is 5.78 Å². The third-order valence-electron chi connectivity index (χ3n) is 10.7. The molecule has 0 spiro atoms. The van der Waals surface area contributed by atoms with Crippen molar-refractivity contribution in [3.8, 4) is 16.9 Å². The van der Waals surface area contributed by atoms with E-state index < -0.39 is 38.1 Å². The number of cyclic esters (lactones) is 1. The van der Waals surface area contributed by atoms with Crippen LogP contribution in [0.1, 0.15) is 105 Å². The largest absolute Gasteiger partial charge is 0.543 e. The Kier molecular flexibility index (Phi) is 12.4. The van der Waals surface area contributed by atoms with Gasteiger partial charge in [0.2, 0.25) is 0 Å². The lowest BCUT2D eigenvalue weighted by atomic mass is 9.97. The number of fused-ring (bicyclic) bond motifs is 6. The van der Waals surface area contributed by atoms with E-state index in [2.05, 4.69) is 69.0 Å². The molecule has 2 N–H and O–H groups in total. The van der Waals surface area contributed by atoms with Crippen molar-refractivity contribution in [2.75, 3.05) is 13.2 Å². The summed E-state index contributed by atoms with van der Waals surface area (Å²) >= 11 is 0. The predicted molar refractivity (Wildman–Crippen MR) is 214 cm³/mol. The Bertz CT molecular complexity index is 1860. The molecule has 1 fully saturated rings. The number of nitrogens with zero attached hydrogens (tertiary/aromatic N) is 2. The van der Waals surface area contributed by atoms with Crippen LogP contribution >= 0.6 is 0 Å². The zero-order valence-electron chi connectivity index (χ0n) is 34.0. The normalized spacial score (nSPS) is 20.3. The van der Waals surface area contributed by atoms with E-state index in [9.17, 15) is 19.2 Å². The summed E-state index contributed by atoms with van der Waals surface area (Å²) in [5.74, 6) is -0.202. The molecule has 3 heterocycles. The first-order valence-corrected chi connectivity index (χ1v) is 21.6. The van der Waals surface area contributed by atoms with E-state index >= 15 is 0 Å². The van der Waals surface area contributed by atoms with Gasteiger partial charge in [-0.15, -0.1) is 0 Å². The number of hydrogen-bond acceptors (Lipinski definition) is 8. The maximum Gasteiger partial charge on any atom is 0.408 e. The molecule has 6 bridgehead atoms. The van der Waals surface area contributed by atoms with Gasteiger partial charge in [0.05, 0.1) is 6.61 Å². The average molecular weight is 761 g/mol. The Morgan fingerprint density at radius 1 is 0.981 bits per heavy atom. The maximum absolute atomic E-state index is 14.4. The average Bonchev–Trinajstić information content (AvgIpc) is 3.44. The van der Waals surface area contributed by atoms with Crippen molar-refractivity contribution in [2.24, 2.45) is 5.92 Å². The molecular weight excluding hydrogens is 701 g/mol. The number of alkyl carbamates (subject to hydrolysis) is 1. The standard InChI is InChI=1S/C42H60N4O7Si/c1-25(2)54(26(3)4,27(5)6)53-33-18-30-17-32(20-33)31-14-15-34-35(29(8)47)23-45(38(34)21-31)22-28(7)24-51-40(49)36-13-12-16-46(44-36)39(48)37(19-30)43-41(50)52-42(9,10)11/h14-15,17-18,20-21,23,25-28,36-37,44H,12-13,16,19,22,24H2,1-11H3,(H,43,50)/t28-,36-,37-/m0/s1. The van der Waals surface area contributed by atoms with Crippen LogP contribution in [0.2, 0.25) is 16.6 Å². The quantitative estimate of drug-likeness (QED) is 0.140. The molecule has 2 aliphatic heterocycles. The lowest BCUT2D eigenvalue weighted by Gasteiger charge is -2.42. The smallest absolute Gasteiger partial charge is 0.408 e. The molecule has 2 aromatic carbocycles. The molecule has 294 valence electrons. The van der Waals surface area contributed by atoms with E-state index in [-0.39, 0.29) is 30.6 Å². The number of rotatable bonds is 7. The zero-order chi connectivity index (χ0) is 39.7. The predicted octanol–water partition coefficient (Wildman–Crippen LogP) is 8.19. The Morgan fingerprint density at radius 2 is 1.67 bits per heavy atom. The van der Waals surface area contributed by atoms with Crippen LogP contribution in [0.25, 0.3) is 22.0 Å². The molecule has 1 aromatic heterocycles. The Morgan fingerprint density at radius 3 is 2.30 bits per heavy atom. The second kappa shape index (κ2) is 16.3. The summed E-state index contributed by atoms with van der Waals surface area (Å²) in [6, 6.07) is 10.5. The van der Waals surface area contributed by atoms with Crippen molar-refractivity contribution in [1.82, 2.24) is 20.3 Å². The number of aromatic nitrogens is 1. The van der Waals surface area contributed by atoms with Gasteiger partial charge in [-0.2, -0.15) is 0 Å². The van der Waals surface area contributed by atoms with Crippen molar-refractivity contribution in [3.05, 3.63) is 53.7 Å². The van der Waals surface area contributed by atoms with Gasteiger partial charge in [-0.1, -0.05) is 66.7 Å². The molecule has 2 amide bonds. The summed E-state index contributed by atoms with van der Waals surface area (Å²) < 4.78 is 20.7. The van der Waals surface area contributed by atoms with Crippen LogP contribution in [0, 0.1) is 5.92 Å². The number of amides is 2. The third-order valence-corrected chi connectivity index (χ3v) is 16.8. The fraction of sp³-hybridized carbons (Fsp3) is 0.571. The second-order valence-electron chi connectivity index (χ2n) is 17.2. The summed E-state index contributed by atoms with van der Waals surface area (Å²) in [6.45, 7) is 23.4. The number of hydrazine groups is 1. The molecule has 54 heavy (non-hydrogen) atoms. The molecule has 0 unspecified atom stereocenters. The van der Waals surface area contributed by atoms with Crippen LogP contribution in [-0.4, -0.2) is 72.5 Å². The van der Waals surface area contributed by atoms with Crippen molar-refractivity contribution >= 4 is 43.0 Å². The number of Topliss-reactive ketones (excluding diaryl/α,β-unsaturated/α-hetero) is 1. The monoisotopic (exact) mass is 760 g/mol. The molecular formula is C42H60N4O7Si. The molecule has 2 aliphatic rings. The van der Waals surface area contributed by atoms with Gasteiger partial charge in [0.25, 0.3) is 14.2 Å². The molecule has 0 aliphatic carbocycles. The Balaban J connectivity index is 1.71. The van der Waals surface area contributed by atoms with Gasteiger partial charge in [-0.05, 0) is 92.0 Å². The maximum atomic E-state index is 14.4. The van der Waals surface area contributed by atoms with Crippen LogP contribution in [0.15, 0.2) is 42.6 Å². The first-order valence-electron chi connectivity index (χ1n) is 19.5. The van der Waals surface area contributed by atoms with Crippen LogP contribution in [-0.2, 0) is 32.0 Å². The van der Waals surface area contributed by atoms with E-state index in [1.54, 1.807) is 27.7 Å². The van der Waals surface area contributed by atoms with Gasteiger partial charge in [-0.25, -0.2) is 10.2 Å². The van der Waals surface area contributed by atoms with Crippen molar-refractivity contribution < 1.29 is 33.1 Å².